The summed E-state index contributed by atoms with van der Waals surface area (Å²) in [5.41, 5.74) is 0.867. The average molecular weight is 277 g/mol. The number of hydrogen-bond donors (Lipinski definition) is 2. The van der Waals surface area contributed by atoms with Crippen LogP contribution in [0.3, 0.4) is 0 Å². The van der Waals surface area contributed by atoms with Crippen molar-refractivity contribution in [3.05, 3.63) is 48.0 Å². The van der Waals surface area contributed by atoms with Crippen LogP contribution in [-0.2, 0) is 6.54 Å². The van der Waals surface area contributed by atoms with Crippen LogP contribution in [0.15, 0.2) is 40.8 Å². The first-order valence-electron chi connectivity index (χ1n) is 6.88. The van der Waals surface area contributed by atoms with Gasteiger partial charge in [0.2, 0.25) is 0 Å². The van der Waals surface area contributed by atoms with E-state index in [0.29, 0.717) is 12.6 Å². The number of nitrogens with one attached hydrogen (secondary N) is 1. The molecule has 0 aliphatic carbocycles. The highest BCUT2D eigenvalue weighted by Gasteiger charge is 2.06. The summed E-state index contributed by atoms with van der Waals surface area (Å²) < 4.78 is 18.6. The van der Waals surface area contributed by atoms with Crippen LogP contribution in [0, 0.1) is 5.82 Å². The van der Waals surface area contributed by atoms with Gasteiger partial charge in [-0.1, -0.05) is 0 Å². The Bertz CT molecular complexity index is 522. The third-order valence-corrected chi connectivity index (χ3v) is 3.21. The monoisotopic (exact) mass is 277 g/mol. The van der Waals surface area contributed by atoms with E-state index in [0.717, 1.165) is 29.9 Å². The zero-order valence-corrected chi connectivity index (χ0v) is 11.6. The molecule has 20 heavy (non-hydrogen) atoms. The van der Waals surface area contributed by atoms with Gasteiger partial charge in [0.05, 0.1) is 6.54 Å². The summed E-state index contributed by atoms with van der Waals surface area (Å²) in [5.74, 6) is 1.34. The summed E-state index contributed by atoms with van der Waals surface area (Å²) >= 11 is 0. The number of aliphatic hydroxyl groups is 1. The van der Waals surface area contributed by atoms with Gasteiger partial charge in [-0.2, -0.15) is 0 Å². The largest absolute Gasteiger partial charge is 0.460 e. The van der Waals surface area contributed by atoms with E-state index in [1.165, 1.54) is 12.1 Å². The maximum absolute atomic E-state index is 12.9. The van der Waals surface area contributed by atoms with Crippen molar-refractivity contribution in [1.29, 1.82) is 0 Å². The van der Waals surface area contributed by atoms with E-state index in [2.05, 4.69) is 12.2 Å². The summed E-state index contributed by atoms with van der Waals surface area (Å²) in [5, 5.41) is 12.1. The lowest BCUT2D eigenvalue weighted by Crippen LogP contribution is -2.25. The SMILES string of the molecule is CC(CCCO)NCc1ccc(-c2ccc(F)cc2)o1. The molecule has 1 atom stereocenters. The molecular weight excluding hydrogens is 257 g/mol. The fraction of sp³-hybridized carbons (Fsp3) is 0.375. The van der Waals surface area contributed by atoms with Crippen LogP contribution in [0.1, 0.15) is 25.5 Å². The van der Waals surface area contributed by atoms with Crippen molar-refractivity contribution < 1.29 is 13.9 Å². The molecule has 0 bridgehead atoms. The molecule has 2 aromatic rings. The number of furan rings is 1. The van der Waals surface area contributed by atoms with Gasteiger partial charge >= 0.3 is 0 Å². The molecule has 0 aliphatic heterocycles. The second-order valence-corrected chi connectivity index (χ2v) is 4.92. The standard InChI is InChI=1S/C16H20FNO2/c1-12(3-2-10-19)18-11-15-8-9-16(20-15)13-4-6-14(17)7-5-13/h4-9,12,18-19H,2-3,10-11H2,1H3. The van der Waals surface area contributed by atoms with E-state index in [-0.39, 0.29) is 12.4 Å². The highest BCUT2D eigenvalue weighted by Crippen LogP contribution is 2.22. The molecule has 2 N–H and O–H groups in total. The van der Waals surface area contributed by atoms with Crippen LogP contribution in [0.5, 0.6) is 0 Å². The normalized spacial score (nSPS) is 12.6. The van der Waals surface area contributed by atoms with Gasteiger partial charge in [0.1, 0.15) is 17.3 Å². The van der Waals surface area contributed by atoms with Gasteiger partial charge in [0.15, 0.2) is 0 Å². The van der Waals surface area contributed by atoms with E-state index in [1.807, 2.05) is 12.1 Å². The zero-order valence-electron chi connectivity index (χ0n) is 11.6. The highest BCUT2D eigenvalue weighted by molar-refractivity contribution is 5.57. The van der Waals surface area contributed by atoms with Crippen LogP contribution in [0.2, 0.25) is 0 Å². The Hall–Kier alpha value is -1.65. The summed E-state index contributed by atoms with van der Waals surface area (Å²) in [4.78, 5) is 0. The van der Waals surface area contributed by atoms with Crippen LogP contribution < -0.4 is 5.32 Å². The first kappa shape index (κ1) is 14.8. The van der Waals surface area contributed by atoms with Crippen molar-refractivity contribution >= 4 is 0 Å². The molecule has 0 radical (unpaired) electrons. The maximum atomic E-state index is 12.9. The van der Waals surface area contributed by atoms with Crippen LogP contribution in [-0.4, -0.2) is 17.8 Å². The summed E-state index contributed by atoms with van der Waals surface area (Å²) in [6, 6.07) is 10.4. The molecule has 4 heteroatoms. The molecule has 0 saturated carbocycles. The Morgan fingerprint density at radius 1 is 1.20 bits per heavy atom. The Labute approximate surface area is 118 Å². The second-order valence-electron chi connectivity index (χ2n) is 4.92. The van der Waals surface area contributed by atoms with Gasteiger partial charge in [-0.15, -0.1) is 0 Å². The average Bonchev–Trinajstić information content (AvgIpc) is 2.92. The second kappa shape index (κ2) is 7.22. The van der Waals surface area contributed by atoms with Crippen molar-refractivity contribution in [2.45, 2.75) is 32.4 Å². The Kier molecular flexibility index (Phi) is 5.32. The lowest BCUT2D eigenvalue weighted by atomic mass is 10.2. The molecule has 3 nitrogen and oxygen atoms in total. The number of benzene rings is 1. The third-order valence-electron chi connectivity index (χ3n) is 3.21. The highest BCUT2D eigenvalue weighted by atomic mass is 19.1. The number of hydrogen-bond acceptors (Lipinski definition) is 3. The third kappa shape index (κ3) is 4.18. The topological polar surface area (TPSA) is 45.4 Å². The van der Waals surface area contributed by atoms with E-state index in [9.17, 15) is 4.39 Å². The van der Waals surface area contributed by atoms with E-state index >= 15 is 0 Å². The molecule has 1 unspecified atom stereocenters. The van der Waals surface area contributed by atoms with Gasteiger partial charge in [0, 0.05) is 18.2 Å². The van der Waals surface area contributed by atoms with Crippen molar-refractivity contribution in [1.82, 2.24) is 5.32 Å². The van der Waals surface area contributed by atoms with Crippen LogP contribution in [0.4, 0.5) is 4.39 Å². The fourth-order valence-corrected chi connectivity index (χ4v) is 2.02. The molecule has 2 rings (SSSR count). The smallest absolute Gasteiger partial charge is 0.134 e. The van der Waals surface area contributed by atoms with Crippen LogP contribution >= 0.6 is 0 Å². The van der Waals surface area contributed by atoms with E-state index in [1.54, 1.807) is 12.1 Å². The molecule has 0 spiro atoms. The van der Waals surface area contributed by atoms with E-state index in [4.69, 9.17) is 9.52 Å². The number of rotatable bonds is 7. The first-order valence-corrected chi connectivity index (χ1v) is 6.88. The molecular formula is C16H20FNO2. The van der Waals surface area contributed by atoms with Crippen LogP contribution in [0.25, 0.3) is 11.3 Å². The van der Waals surface area contributed by atoms with E-state index < -0.39 is 0 Å². The van der Waals surface area contributed by atoms with Crippen molar-refractivity contribution in [3.8, 4) is 11.3 Å². The van der Waals surface area contributed by atoms with Crippen molar-refractivity contribution in [3.63, 3.8) is 0 Å². The Morgan fingerprint density at radius 3 is 2.65 bits per heavy atom. The minimum Gasteiger partial charge on any atom is -0.460 e. The molecule has 1 aromatic carbocycles. The number of aliphatic hydroxyl groups excluding tert-OH is 1. The summed E-state index contributed by atoms with van der Waals surface area (Å²) in [7, 11) is 0. The quantitative estimate of drug-likeness (QED) is 0.816. The van der Waals surface area contributed by atoms with Crippen molar-refractivity contribution in [2.75, 3.05) is 6.61 Å². The lowest BCUT2D eigenvalue weighted by Gasteiger charge is -2.11. The predicted octanol–water partition coefficient (Wildman–Crippen LogP) is 3.34. The van der Waals surface area contributed by atoms with Gasteiger partial charge in [0.25, 0.3) is 0 Å². The summed E-state index contributed by atoms with van der Waals surface area (Å²) in [6.07, 6.45) is 1.73. The molecule has 0 aliphatic rings. The number of halogens is 1. The van der Waals surface area contributed by atoms with Gasteiger partial charge < -0.3 is 14.8 Å². The maximum Gasteiger partial charge on any atom is 0.134 e. The minimum atomic E-state index is -0.250. The fourth-order valence-electron chi connectivity index (χ4n) is 2.02. The van der Waals surface area contributed by atoms with Gasteiger partial charge in [-0.3, -0.25) is 0 Å². The van der Waals surface area contributed by atoms with Gasteiger partial charge in [-0.25, -0.2) is 4.39 Å². The molecule has 1 heterocycles. The predicted molar refractivity (Wildman–Crippen MR) is 76.7 cm³/mol. The Balaban J connectivity index is 1.90. The summed E-state index contributed by atoms with van der Waals surface area (Å²) in [6.45, 7) is 2.95. The first-order chi connectivity index (χ1) is 9.69. The van der Waals surface area contributed by atoms with Gasteiger partial charge in [-0.05, 0) is 56.2 Å². The minimum absolute atomic E-state index is 0.224. The molecule has 0 saturated heterocycles. The Morgan fingerprint density at radius 2 is 1.95 bits per heavy atom. The molecule has 1 aromatic heterocycles. The van der Waals surface area contributed by atoms with Crippen molar-refractivity contribution in [2.24, 2.45) is 0 Å². The molecule has 0 fully saturated rings. The molecule has 0 amide bonds. The molecule has 108 valence electrons. The lowest BCUT2D eigenvalue weighted by molar-refractivity contribution is 0.275. The zero-order chi connectivity index (χ0) is 14.4.